The van der Waals surface area contributed by atoms with Gasteiger partial charge in [0.05, 0.1) is 6.04 Å². The van der Waals surface area contributed by atoms with Crippen LogP contribution in [0.3, 0.4) is 0 Å². The SMILES string of the molecule is O=C1CN(C(=O)COc2ccccc2)[C@H](c2ccc(F)cc2)c2cc(Br)ccc2N1. The number of benzene rings is 3. The lowest BCUT2D eigenvalue weighted by Gasteiger charge is -2.30. The summed E-state index contributed by atoms with van der Waals surface area (Å²) in [5, 5.41) is 2.85. The van der Waals surface area contributed by atoms with Crippen LogP contribution in [-0.4, -0.2) is 29.9 Å². The van der Waals surface area contributed by atoms with E-state index in [1.54, 1.807) is 30.3 Å². The summed E-state index contributed by atoms with van der Waals surface area (Å²) in [7, 11) is 0. The van der Waals surface area contributed by atoms with Crippen molar-refractivity contribution in [3.8, 4) is 5.75 Å². The lowest BCUT2D eigenvalue weighted by Crippen LogP contribution is -2.41. The van der Waals surface area contributed by atoms with Gasteiger partial charge in [-0.2, -0.15) is 0 Å². The number of halogens is 2. The molecule has 3 aromatic carbocycles. The van der Waals surface area contributed by atoms with E-state index in [2.05, 4.69) is 21.2 Å². The normalized spacial score (nSPS) is 15.7. The zero-order chi connectivity index (χ0) is 21.1. The summed E-state index contributed by atoms with van der Waals surface area (Å²) < 4.78 is 20.0. The van der Waals surface area contributed by atoms with Crippen LogP contribution in [0.4, 0.5) is 10.1 Å². The van der Waals surface area contributed by atoms with Crippen LogP contribution >= 0.6 is 15.9 Å². The average Bonchev–Trinajstić information content (AvgIpc) is 2.89. The smallest absolute Gasteiger partial charge is 0.261 e. The predicted octanol–water partition coefficient (Wildman–Crippen LogP) is 4.54. The van der Waals surface area contributed by atoms with Crippen molar-refractivity contribution in [1.29, 1.82) is 0 Å². The van der Waals surface area contributed by atoms with Crippen LogP contribution in [0.1, 0.15) is 17.2 Å². The van der Waals surface area contributed by atoms with Crippen molar-refractivity contribution in [1.82, 2.24) is 4.90 Å². The molecule has 152 valence electrons. The highest BCUT2D eigenvalue weighted by Crippen LogP contribution is 2.37. The number of nitrogens with zero attached hydrogens (tertiary/aromatic N) is 1. The standard InChI is InChI=1S/C23H18BrFN2O3/c24-16-8-11-20-19(12-16)23(15-6-9-17(25)10-7-15)27(13-21(28)26-20)22(29)14-30-18-4-2-1-3-5-18/h1-12,23H,13-14H2,(H,26,28)/t23-/m1/s1. The summed E-state index contributed by atoms with van der Waals surface area (Å²) in [5.41, 5.74) is 2.03. The van der Waals surface area contributed by atoms with E-state index in [0.717, 1.165) is 10.0 Å². The lowest BCUT2D eigenvalue weighted by atomic mass is 9.96. The van der Waals surface area contributed by atoms with Gasteiger partial charge in [0, 0.05) is 15.7 Å². The molecular weight excluding hydrogens is 451 g/mol. The Morgan fingerprint density at radius 2 is 1.83 bits per heavy atom. The highest BCUT2D eigenvalue weighted by molar-refractivity contribution is 9.10. The molecule has 30 heavy (non-hydrogen) atoms. The van der Waals surface area contributed by atoms with Gasteiger partial charge < -0.3 is 15.0 Å². The van der Waals surface area contributed by atoms with Gasteiger partial charge in [-0.15, -0.1) is 0 Å². The van der Waals surface area contributed by atoms with Gasteiger partial charge >= 0.3 is 0 Å². The first-order chi connectivity index (χ1) is 14.5. The van der Waals surface area contributed by atoms with Crippen LogP contribution in [0.25, 0.3) is 0 Å². The maximum absolute atomic E-state index is 13.5. The topological polar surface area (TPSA) is 58.6 Å². The number of anilines is 1. The molecule has 1 heterocycles. The third kappa shape index (κ3) is 4.36. The fourth-order valence-corrected chi connectivity index (χ4v) is 3.84. The van der Waals surface area contributed by atoms with Crippen molar-refractivity contribution in [2.24, 2.45) is 0 Å². The van der Waals surface area contributed by atoms with Gasteiger partial charge in [-0.1, -0.05) is 46.3 Å². The monoisotopic (exact) mass is 468 g/mol. The van der Waals surface area contributed by atoms with Crippen LogP contribution in [-0.2, 0) is 9.59 Å². The Kier molecular flexibility index (Phi) is 5.81. The number of amides is 2. The van der Waals surface area contributed by atoms with E-state index in [0.29, 0.717) is 17.0 Å². The first-order valence-electron chi connectivity index (χ1n) is 9.33. The van der Waals surface area contributed by atoms with E-state index >= 15 is 0 Å². The maximum Gasteiger partial charge on any atom is 0.261 e. The summed E-state index contributed by atoms with van der Waals surface area (Å²) in [5.74, 6) is -0.472. The number of hydrogen-bond acceptors (Lipinski definition) is 3. The van der Waals surface area contributed by atoms with E-state index in [9.17, 15) is 14.0 Å². The molecule has 0 bridgehead atoms. The number of hydrogen-bond donors (Lipinski definition) is 1. The van der Waals surface area contributed by atoms with Crippen LogP contribution in [0.15, 0.2) is 77.3 Å². The van der Waals surface area contributed by atoms with Gasteiger partial charge in [-0.05, 0) is 48.0 Å². The van der Waals surface area contributed by atoms with Gasteiger partial charge in [0.15, 0.2) is 6.61 Å². The van der Waals surface area contributed by atoms with E-state index < -0.39 is 6.04 Å². The molecule has 0 saturated heterocycles. The number of ether oxygens (including phenoxy) is 1. The largest absolute Gasteiger partial charge is 0.484 e. The Morgan fingerprint density at radius 1 is 1.10 bits per heavy atom. The lowest BCUT2D eigenvalue weighted by molar-refractivity contribution is -0.138. The first kappa shape index (κ1) is 20.1. The average molecular weight is 469 g/mol. The highest BCUT2D eigenvalue weighted by atomic mass is 79.9. The van der Waals surface area contributed by atoms with Gasteiger partial charge in [-0.3, -0.25) is 9.59 Å². The predicted molar refractivity (Wildman–Crippen MR) is 115 cm³/mol. The second-order valence-corrected chi connectivity index (χ2v) is 7.77. The molecule has 0 aliphatic carbocycles. The molecule has 0 saturated carbocycles. The molecular formula is C23H18BrFN2O3. The third-order valence-corrected chi connectivity index (χ3v) is 5.31. The van der Waals surface area contributed by atoms with Crippen LogP contribution in [0.2, 0.25) is 0 Å². The molecule has 0 spiro atoms. The van der Waals surface area contributed by atoms with Gasteiger partial charge in [-0.25, -0.2) is 4.39 Å². The fraction of sp³-hybridized carbons (Fsp3) is 0.130. The van der Waals surface area contributed by atoms with Crippen molar-refractivity contribution in [3.05, 3.63) is 94.2 Å². The second-order valence-electron chi connectivity index (χ2n) is 6.86. The minimum absolute atomic E-state index is 0.147. The van der Waals surface area contributed by atoms with Crippen LogP contribution in [0, 0.1) is 5.82 Å². The second kappa shape index (κ2) is 8.67. The van der Waals surface area contributed by atoms with Crippen molar-refractivity contribution < 1.29 is 18.7 Å². The molecule has 4 rings (SSSR count). The molecule has 0 aromatic heterocycles. The maximum atomic E-state index is 13.5. The molecule has 2 amide bonds. The zero-order valence-corrected chi connectivity index (χ0v) is 17.4. The quantitative estimate of drug-likeness (QED) is 0.611. The number of carbonyl (C=O) groups excluding carboxylic acids is 2. The Bertz CT molecular complexity index is 1070. The molecule has 1 aliphatic rings. The Hall–Kier alpha value is -3.19. The fourth-order valence-electron chi connectivity index (χ4n) is 3.46. The van der Waals surface area contributed by atoms with Gasteiger partial charge in [0.1, 0.15) is 18.1 Å². The summed E-state index contributed by atoms with van der Waals surface area (Å²) in [6.45, 7) is -0.371. The minimum Gasteiger partial charge on any atom is -0.484 e. The van der Waals surface area contributed by atoms with Crippen molar-refractivity contribution in [2.45, 2.75) is 6.04 Å². The van der Waals surface area contributed by atoms with Crippen LogP contribution < -0.4 is 10.1 Å². The zero-order valence-electron chi connectivity index (χ0n) is 15.8. The van der Waals surface area contributed by atoms with E-state index in [1.165, 1.54) is 17.0 Å². The summed E-state index contributed by atoms with van der Waals surface area (Å²) in [6, 6.07) is 19.8. The van der Waals surface area contributed by atoms with E-state index in [-0.39, 0.29) is 30.8 Å². The Labute approximate surface area is 181 Å². The number of nitrogens with one attached hydrogen (secondary N) is 1. The first-order valence-corrected chi connectivity index (χ1v) is 10.1. The molecule has 3 aromatic rings. The number of carbonyl (C=O) groups is 2. The molecule has 7 heteroatoms. The van der Waals surface area contributed by atoms with Crippen LogP contribution in [0.5, 0.6) is 5.75 Å². The van der Waals surface area contributed by atoms with E-state index in [1.807, 2.05) is 30.3 Å². The minimum atomic E-state index is -0.580. The number of fused-ring (bicyclic) bond motifs is 1. The molecule has 1 aliphatic heterocycles. The van der Waals surface area contributed by atoms with Crippen molar-refractivity contribution >= 4 is 33.4 Å². The molecule has 5 nitrogen and oxygen atoms in total. The molecule has 1 N–H and O–H groups in total. The van der Waals surface area contributed by atoms with Gasteiger partial charge in [0.25, 0.3) is 5.91 Å². The molecule has 0 unspecified atom stereocenters. The highest BCUT2D eigenvalue weighted by Gasteiger charge is 2.33. The Morgan fingerprint density at radius 3 is 2.57 bits per heavy atom. The van der Waals surface area contributed by atoms with Crippen molar-refractivity contribution in [2.75, 3.05) is 18.5 Å². The number of rotatable bonds is 4. The summed E-state index contributed by atoms with van der Waals surface area (Å²) >= 11 is 3.46. The summed E-state index contributed by atoms with van der Waals surface area (Å²) in [6.07, 6.45) is 0. The summed E-state index contributed by atoms with van der Waals surface area (Å²) in [4.78, 5) is 27.1. The molecule has 1 atom stereocenters. The number of para-hydroxylation sites is 1. The van der Waals surface area contributed by atoms with Gasteiger partial charge in [0.2, 0.25) is 5.91 Å². The van der Waals surface area contributed by atoms with Crippen molar-refractivity contribution in [3.63, 3.8) is 0 Å². The van der Waals surface area contributed by atoms with E-state index in [4.69, 9.17) is 4.74 Å². The third-order valence-electron chi connectivity index (χ3n) is 4.82. The Balaban J connectivity index is 1.72. The molecule has 0 radical (unpaired) electrons. The molecule has 0 fully saturated rings.